The Morgan fingerprint density at radius 1 is 1.19 bits per heavy atom. The van der Waals surface area contributed by atoms with Crippen LogP contribution in [0.1, 0.15) is 5.56 Å². The molecule has 1 rings (SSSR count). The van der Waals surface area contributed by atoms with Gasteiger partial charge in [0.2, 0.25) is 5.76 Å². The normalized spacial score (nSPS) is 11.0. The Labute approximate surface area is 92.5 Å². The summed E-state index contributed by atoms with van der Waals surface area (Å²) in [6, 6.07) is 4.14. The van der Waals surface area contributed by atoms with Gasteiger partial charge in [-0.3, -0.25) is 0 Å². The van der Waals surface area contributed by atoms with Crippen molar-refractivity contribution in [1.29, 1.82) is 0 Å². The second-order valence-corrected chi connectivity index (χ2v) is 2.95. The molecule has 0 aliphatic rings. The Bertz CT molecular complexity index is 422. The Kier molecular flexibility index (Phi) is 3.77. The third-order valence-electron chi connectivity index (χ3n) is 1.90. The Hall–Kier alpha value is -2.17. The molecule has 0 saturated carbocycles. The summed E-state index contributed by atoms with van der Waals surface area (Å²) in [6.45, 7) is 0. The van der Waals surface area contributed by atoms with Gasteiger partial charge in [0.1, 0.15) is 0 Å². The minimum absolute atomic E-state index is 0.00703. The zero-order valence-corrected chi connectivity index (χ0v) is 8.93. The topological polar surface area (TPSA) is 76.0 Å². The van der Waals surface area contributed by atoms with Crippen LogP contribution in [0.25, 0.3) is 6.08 Å². The van der Waals surface area contributed by atoms with Gasteiger partial charge >= 0.3 is 5.97 Å². The van der Waals surface area contributed by atoms with E-state index in [9.17, 15) is 9.90 Å². The van der Waals surface area contributed by atoms with Crippen LogP contribution in [-0.2, 0) is 14.3 Å². The first kappa shape index (κ1) is 11.9. The van der Waals surface area contributed by atoms with E-state index in [1.165, 1.54) is 38.5 Å². The lowest BCUT2D eigenvalue weighted by Gasteiger charge is -2.04. The number of benzene rings is 1. The van der Waals surface area contributed by atoms with E-state index in [2.05, 4.69) is 4.74 Å². The van der Waals surface area contributed by atoms with Crippen LogP contribution in [0.3, 0.4) is 0 Å². The molecule has 0 aliphatic heterocycles. The molecular formula is C11H12O5. The van der Waals surface area contributed by atoms with Crippen molar-refractivity contribution in [3.05, 3.63) is 29.5 Å². The number of hydrogen-bond acceptors (Lipinski definition) is 5. The predicted octanol–water partition coefficient (Wildman–Crippen LogP) is 1.26. The quantitative estimate of drug-likeness (QED) is 0.350. The monoisotopic (exact) mass is 224 g/mol. The van der Waals surface area contributed by atoms with Crippen LogP contribution in [0.5, 0.6) is 11.5 Å². The van der Waals surface area contributed by atoms with Crippen LogP contribution >= 0.6 is 0 Å². The van der Waals surface area contributed by atoms with Gasteiger partial charge in [0.05, 0.1) is 14.2 Å². The average molecular weight is 224 g/mol. The smallest absolute Gasteiger partial charge is 0.373 e. The Balaban J connectivity index is 3.04. The summed E-state index contributed by atoms with van der Waals surface area (Å²) in [7, 11) is 2.58. The number of hydrogen-bond donors (Lipinski definition) is 2. The molecule has 0 amide bonds. The molecule has 0 aromatic heterocycles. The number of aromatic hydroxyl groups is 2. The first-order chi connectivity index (χ1) is 7.58. The van der Waals surface area contributed by atoms with Gasteiger partial charge in [0, 0.05) is 0 Å². The van der Waals surface area contributed by atoms with Crippen molar-refractivity contribution in [3.8, 4) is 11.5 Å². The maximum Gasteiger partial charge on any atom is 0.373 e. The van der Waals surface area contributed by atoms with Crippen LogP contribution in [-0.4, -0.2) is 30.4 Å². The van der Waals surface area contributed by atoms with Crippen molar-refractivity contribution in [3.63, 3.8) is 0 Å². The molecule has 0 spiro atoms. The van der Waals surface area contributed by atoms with Crippen molar-refractivity contribution < 1.29 is 24.5 Å². The summed E-state index contributed by atoms with van der Waals surface area (Å²) in [6.07, 6.45) is 1.39. The molecule has 5 nitrogen and oxygen atoms in total. The average Bonchev–Trinajstić information content (AvgIpc) is 2.29. The number of methoxy groups -OCH3 is 2. The van der Waals surface area contributed by atoms with E-state index in [-0.39, 0.29) is 17.3 Å². The number of ether oxygens (including phenoxy) is 2. The van der Waals surface area contributed by atoms with Crippen molar-refractivity contribution in [2.45, 2.75) is 0 Å². The zero-order valence-electron chi connectivity index (χ0n) is 8.93. The maximum absolute atomic E-state index is 11.2. The van der Waals surface area contributed by atoms with Crippen LogP contribution in [0.15, 0.2) is 24.0 Å². The SMILES string of the molecule is COC(=O)C(=Cc1ccc(O)c(O)c1)OC. The number of carbonyl (C=O) groups excluding carboxylic acids is 1. The number of carbonyl (C=O) groups is 1. The van der Waals surface area contributed by atoms with Gasteiger partial charge in [-0.1, -0.05) is 6.07 Å². The van der Waals surface area contributed by atoms with E-state index in [1.807, 2.05) is 0 Å². The molecule has 0 unspecified atom stereocenters. The second kappa shape index (κ2) is 5.06. The third kappa shape index (κ3) is 2.66. The lowest BCUT2D eigenvalue weighted by atomic mass is 10.2. The van der Waals surface area contributed by atoms with Gasteiger partial charge in [-0.2, -0.15) is 0 Å². The van der Waals surface area contributed by atoms with E-state index < -0.39 is 5.97 Å². The molecule has 1 aromatic carbocycles. The van der Waals surface area contributed by atoms with Crippen LogP contribution < -0.4 is 0 Å². The van der Waals surface area contributed by atoms with E-state index >= 15 is 0 Å². The molecule has 86 valence electrons. The fourth-order valence-corrected chi connectivity index (χ4v) is 1.08. The maximum atomic E-state index is 11.2. The summed E-state index contributed by atoms with van der Waals surface area (Å²) in [4.78, 5) is 11.2. The minimum Gasteiger partial charge on any atom is -0.504 e. The molecule has 1 aromatic rings. The van der Waals surface area contributed by atoms with Crippen molar-refractivity contribution in [2.24, 2.45) is 0 Å². The third-order valence-corrected chi connectivity index (χ3v) is 1.90. The number of rotatable bonds is 3. The lowest BCUT2D eigenvalue weighted by Crippen LogP contribution is -2.06. The first-order valence-electron chi connectivity index (χ1n) is 4.44. The second-order valence-electron chi connectivity index (χ2n) is 2.95. The lowest BCUT2D eigenvalue weighted by molar-refractivity contribution is -0.139. The fraction of sp³-hybridized carbons (Fsp3) is 0.182. The van der Waals surface area contributed by atoms with E-state index in [0.29, 0.717) is 5.56 Å². The molecule has 0 radical (unpaired) electrons. The van der Waals surface area contributed by atoms with E-state index in [1.54, 1.807) is 0 Å². The van der Waals surface area contributed by atoms with Gasteiger partial charge in [-0.05, 0) is 23.8 Å². The molecule has 0 aliphatic carbocycles. The summed E-state index contributed by atoms with van der Waals surface area (Å²) in [5.74, 6) is -1.11. The zero-order chi connectivity index (χ0) is 12.1. The molecule has 0 atom stereocenters. The first-order valence-corrected chi connectivity index (χ1v) is 4.44. The molecule has 0 saturated heterocycles. The predicted molar refractivity (Wildman–Crippen MR) is 56.8 cm³/mol. The standard InChI is InChI=1S/C11H12O5/c1-15-10(11(14)16-2)6-7-3-4-8(12)9(13)5-7/h3-6,12-13H,1-2H3. The van der Waals surface area contributed by atoms with Crippen LogP contribution in [0, 0.1) is 0 Å². The van der Waals surface area contributed by atoms with Crippen molar-refractivity contribution in [1.82, 2.24) is 0 Å². The fourth-order valence-electron chi connectivity index (χ4n) is 1.08. The van der Waals surface area contributed by atoms with E-state index in [4.69, 9.17) is 9.84 Å². The summed E-state index contributed by atoms with van der Waals surface area (Å²) in [5, 5.41) is 18.3. The summed E-state index contributed by atoms with van der Waals surface area (Å²) in [5.41, 5.74) is 0.512. The van der Waals surface area contributed by atoms with Gasteiger partial charge in [0.15, 0.2) is 11.5 Å². The molecule has 16 heavy (non-hydrogen) atoms. The molecule has 0 fully saturated rings. The number of esters is 1. The molecular weight excluding hydrogens is 212 g/mol. The van der Waals surface area contributed by atoms with Gasteiger partial charge in [-0.25, -0.2) is 4.79 Å². The van der Waals surface area contributed by atoms with Gasteiger partial charge < -0.3 is 19.7 Å². The number of phenols is 2. The highest BCUT2D eigenvalue weighted by atomic mass is 16.6. The molecule has 5 heteroatoms. The highest BCUT2D eigenvalue weighted by molar-refractivity contribution is 5.91. The Morgan fingerprint density at radius 2 is 1.88 bits per heavy atom. The van der Waals surface area contributed by atoms with Crippen molar-refractivity contribution >= 4 is 12.0 Å². The Morgan fingerprint density at radius 3 is 2.38 bits per heavy atom. The number of phenolic OH excluding ortho intramolecular Hbond substituents is 2. The molecule has 0 bridgehead atoms. The molecule has 2 N–H and O–H groups in total. The van der Waals surface area contributed by atoms with Crippen molar-refractivity contribution in [2.75, 3.05) is 14.2 Å². The molecule has 0 heterocycles. The van der Waals surface area contributed by atoms with Gasteiger partial charge in [-0.15, -0.1) is 0 Å². The highest BCUT2D eigenvalue weighted by Gasteiger charge is 2.09. The van der Waals surface area contributed by atoms with Gasteiger partial charge in [0.25, 0.3) is 0 Å². The van der Waals surface area contributed by atoms with Crippen LogP contribution in [0.2, 0.25) is 0 Å². The summed E-state index contributed by atoms with van der Waals surface area (Å²) < 4.78 is 9.30. The minimum atomic E-state index is -0.616. The highest BCUT2D eigenvalue weighted by Crippen LogP contribution is 2.26. The largest absolute Gasteiger partial charge is 0.504 e. The summed E-state index contributed by atoms with van der Waals surface area (Å²) >= 11 is 0. The van der Waals surface area contributed by atoms with Crippen LogP contribution in [0.4, 0.5) is 0 Å². The van der Waals surface area contributed by atoms with E-state index in [0.717, 1.165) is 0 Å².